The number of hydrogen-bond donors (Lipinski definition) is 0. The molecule has 0 spiro atoms. The van der Waals surface area contributed by atoms with Gasteiger partial charge in [-0.2, -0.15) is 0 Å². The summed E-state index contributed by atoms with van der Waals surface area (Å²) < 4.78 is 33.2. The SMILES string of the molecule is CCOCCn1c(=O)c(Cl)nc2ccc(-c3ccc(F)c(F)c3)nc21. The van der Waals surface area contributed by atoms with Crippen molar-refractivity contribution in [3.05, 3.63) is 57.5 Å². The lowest BCUT2D eigenvalue weighted by Gasteiger charge is -2.11. The predicted molar refractivity (Wildman–Crippen MR) is 90.7 cm³/mol. The molecule has 0 aliphatic carbocycles. The van der Waals surface area contributed by atoms with Gasteiger partial charge in [0, 0.05) is 12.2 Å². The minimum Gasteiger partial charge on any atom is -0.380 e. The molecule has 0 aliphatic rings. The summed E-state index contributed by atoms with van der Waals surface area (Å²) in [6, 6.07) is 6.73. The lowest BCUT2D eigenvalue weighted by atomic mass is 10.1. The van der Waals surface area contributed by atoms with Crippen LogP contribution in [0.1, 0.15) is 6.92 Å². The molecule has 0 fully saturated rings. The molecule has 3 aromatic rings. The van der Waals surface area contributed by atoms with Gasteiger partial charge in [-0.05, 0) is 37.3 Å². The van der Waals surface area contributed by atoms with E-state index in [2.05, 4.69) is 9.97 Å². The molecular weight excluding hydrogens is 352 g/mol. The molecule has 8 heteroatoms. The van der Waals surface area contributed by atoms with E-state index >= 15 is 0 Å². The van der Waals surface area contributed by atoms with Crippen LogP contribution in [0.5, 0.6) is 0 Å². The lowest BCUT2D eigenvalue weighted by Crippen LogP contribution is -2.25. The second-order valence-electron chi connectivity index (χ2n) is 5.22. The third-order valence-corrected chi connectivity index (χ3v) is 3.88. The molecule has 0 radical (unpaired) electrons. The Hall–Kier alpha value is -2.38. The number of halogens is 3. The van der Waals surface area contributed by atoms with Crippen molar-refractivity contribution in [2.75, 3.05) is 13.2 Å². The van der Waals surface area contributed by atoms with Crippen LogP contribution >= 0.6 is 11.6 Å². The van der Waals surface area contributed by atoms with Gasteiger partial charge in [0.1, 0.15) is 5.52 Å². The van der Waals surface area contributed by atoms with Crippen molar-refractivity contribution in [1.29, 1.82) is 0 Å². The molecule has 0 atom stereocenters. The van der Waals surface area contributed by atoms with Crippen LogP contribution in [0.3, 0.4) is 0 Å². The number of rotatable bonds is 5. The summed E-state index contributed by atoms with van der Waals surface area (Å²) in [4.78, 5) is 20.7. The highest BCUT2D eigenvalue weighted by molar-refractivity contribution is 6.29. The second kappa shape index (κ2) is 7.25. The third-order valence-electron chi connectivity index (χ3n) is 3.63. The number of pyridine rings is 1. The van der Waals surface area contributed by atoms with Crippen LogP contribution in [-0.4, -0.2) is 27.7 Å². The van der Waals surface area contributed by atoms with Crippen LogP contribution in [-0.2, 0) is 11.3 Å². The summed E-state index contributed by atoms with van der Waals surface area (Å²) >= 11 is 5.90. The Morgan fingerprint density at radius 2 is 1.96 bits per heavy atom. The van der Waals surface area contributed by atoms with Crippen LogP contribution in [0.15, 0.2) is 35.1 Å². The molecule has 0 bridgehead atoms. The van der Waals surface area contributed by atoms with Crippen LogP contribution < -0.4 is 5.56 Å². The Bertz CT molecular complexity index is 992. The molecule has 130 valence electrons. The molecule has 0 amide bonds. The molecule has 3 rings (SSSR count). The fourth-order valence-electron chi connectivity index (χ4n) is 2.41. The number of benzene rings is 1. The van der Waals surface area contributed by atoms with Gasteiger partial charge in [-0.25, -0.2) is 18.7 Å². The highest BCUT2D eigenvalue weighted by atomic mass is 35.5. The molecule has 0 unspecified atom stereocenters. The van der Waals surface area contributed by atoms with Crippen LogP contribution in [0.2, 0.25) is 5.15 Å². The van der Waals surface area contributed by atoms with Crippen molar-refractivity contribution in [1.82, 2.24) is 14.5 Å². The minimum atomic E-state index is -0.970. The zero-order valence-corrected chi connectivity index (χ0v) is 14.1. The molecule has 2 heterocycles. The maximum atomic E-state index is 13.5. The number of fused-ring (bicyclic) bond motifs is 1. The van der Waals surface area contributed by atoms with E-state index in [1.54, 1.807) is 12.1 Å². The van der Waals surface area contributed by atoms with Crippen molar-refractivity contribution < 1.29 is 13.5 Å². The van der Waals surface area contributed by atoms with Crippen molar-refractivity contribution in [2.24, 2.45) is 0 Å². The van der Waals surface area contributed by atoms with Gasteiger partial charge in [0.15, 0.2) is 22.4 Å². The van der Waals surface area contributed by atoms with Crippen molar-refractivity contribution in [3.8, 4) is 11.3 Å². The number of hydrogen-bond acceptors (Lipinski definition) is 4. The van der Waals surface area contributed by atoms with E-state index in [-0.39, 0.29) is 11.7 Å². The molecule has 2 aromatic heterocycles. The van der Waals surface area contributed by atoms with E-state index in [0.29, 0.717) is 35.6 Å². The van der Waals surface area contributed by atoms with Crippen molar-refractivity contribution in [2.45, 2.75) is 13.5 Å². The quantitative estimate of drug-likeness (QED) is 0.650. The first-order valence-electron chi connectivity index (χ1n) is 7.61. The summed E-state index contributed by atoms with van der Waals surface area (Å²) in [5, 5.41) is -0.161. The van der Waals surface area contributed by atoms with E-state index < -0.39 is 17.2 Å². The molecule has 5 nitrogen and oxygen atoms in total. The predicted octanol–water partition coefficient (Wildman–Crippen LogP) is 3.43. The molecule has 1 aromatic carbocycles. The smallest absolute Gasteiger partial charge is 0.289 e. The number of aromatic nitrogens is 3. The standard InChI is InChI=1S/C17H14ClF2N3O2/c1-2-25-8-7-23-16-14(21-15(18)17(23)24)6-5-13(22-16)10-3-4-11(19)12(20)9-10/h3-6,9H,2,7-8H2,1H3. The maximum absolute atomic E-state index is 13.5. The van der Waals surface area contributed by atoms with Gasteiger partial charge >= 0.3 is 0 Å². The zero-order valence-electron chi connectivity index (χ0n) is 13.3. The zero-order chi connectivity index (χ0) is 18.0. The fraction of sp³-hybridized carbons (Fsp3) is 0.235. The summed E-state index contributed by atoms with van der Waals surface area (Å²) in [5.41, 5.74) is 1.02. The first kappa shape index (κ1) is 17.4. The van der Waals surface area contributed by atoms with Gasteiger partial charge in [-0.15, -0.1) is 0 Å². The normalized spacial score (nSPS) is 11.2. The van der Waals surface area contributed by atoms with Crippen molar-refractivity contribution in [3.63, 3.8) is 0 Å². The molecule has 0 saturated carbocycles. The van der Waals surface area contributed by atoms with Gasteiger partial charge in [0.25, 0.3) is 5.56 Å². The van der Waals surface area contributed by atoms with Gasteiger partial charge in [0.2, 0.25) is 0 Å². The average Bonchev–Trinajstić information content (AvgIpc) is 2.60. The number of ether oxygens (including phenoxy) is 1. The van der Waals surface area contributed by atoms with E-state index in [0.717, 1.165) is 12.1 Å². The summed E-state index contributed by atoms with van der Waals surface area (Å²) in [5.74, 6) is -1.91. The summed E-state index contributed by atoms with van der Waals surface area (Å²) in [6.45, 7) is 2.92. The molecule has 0 saturated heterocycles. The van der Waals surface area contributed by atoms with E-state index in [1.807, 2.05) is 6.92 Å². The first-order valence-corrected chi connectivity index (χ1v) is 7.99. The van der Waals surface area contributed by atoms with E-state index in [9.17, 15) is 13.6 Å². The Labute approximate surface area is 146 Å². The average molecular weight is 366 g/mol. The van der Waals surface area contributed by atoms with Gasteiger partial charge in [0.05, 0.1) is 18.8 Å². The Morgan fingerprint density at radius 1 is 1.16 bits per heavy atom. The van der Waals surface area contributed by atoms with Crippen LogP contribution in [0, 0.1) is 11.6 Å². The van der Waals surface area contributed by atoms with Gasteiger partial charge in [-0.3, -0.25) is 9.36 Å². The van der Waals surface area contributed by atoms with Crippen LogP contribution in [0.4, 0.5) is 8.78 Å². The highest BCUT2D eigenvalue weighted by Crippen LogP contribution is 2.22. The Balaban J connectivity index is 2.14. The molecule has 25 heavy (non-hydrogen) atoms. The van der Waals surface area contributed by atoms with E-state index in [1.165, 1.54) is 10.6 Å². The Kier molecular flexibility index (Phi) is 5.06. The van der Waals surface area contributed by atoms with Crippen molar-refractivity contribution >= 4 is 22.8 Å². The monoisotopic (exact) mass is 365 g/mol. The van der Waals surface area contributed by atoms with E-state index in [4.69, 9.17) is 16.3 Å². The molecule has 0 N–H and O–H groups in total. The summed E-state index contributed by atoms with van der Waals surface area (Å²) in [6.07, 6.45) is 0. The van der Waals surface area contributed by atoms with Gasteiger partial charge in [-0.1, -0.05) is 11.6 Å². The fourth-order valence-corrected chi connectivity index (χ4v) is 2.60. The minimum absolute atomic E-state index is 0.161. The first-order chi connectivity index (χ1) is 12.0. The third kappa shape index (κ3) is 3.52. The lowest BCUT2D eigenvalue weighted by molar-refractivity contribution is 0.139. The van der Waals surface area contributed by atoms with Crippen LogP contribution in [0.25, 0.3) is 22.4 Å². The largest absolute Gasteiger partial charge is 0.380 e. The highest BCUT2D eigenvalue weighted by Gasteiger charge is 2.13. The second-order valence-corrected chi connectivity index (χ2v) is 5.58. The summed E-state index contributed by atoms with van der Waals surface area (Å²) in [7, 11) is 0. The van der Waals surface area contributed by atoms with Gasteiger partial charge < -0.3 is 4.74 Å². The topological polar surface area (TPSA) is 57.0 Å². The molecular formula is C17H14ClF2N3O2. The number of nitrogens with zero attached hydrogens (tertiary/aromatic N) is 3. The molecule has 0 aliphatic heterocycles. The maximum Gasteiger partial charge on any atom is 0.289 e. The Morgan fingerprint density at radius 3 is 2.68 bits per heavy atom.